The molecular weight excluding hydrogens is 797 g/mol. The average molecular weight is 843 g/mol. The van der Waals surface area contributed by atoms with E-state index in [-0.39, 0.29) is 42.4 Å². The van der Waals surface area contributed by atoms with Crippen molar-refractivity contribution < 1.29 is 57.4 Å². The highest BCUT2D eigenvalue weighted by Gasteiger charge is 2.62. The maximum atomic E-state index is 15.1. The fourth-order valence-corrected chi connectivity index (χ4v) is 11.8. The van der Waals surface area contributed by atoms with E-state index in [4.69, 9.17) is 37.9 Å². The van der Waals surface area contributed by atoms with Crippen molar-refractivity contribution in [2.24, 2.45) is 0 Å². The molecule has 7 atom stereocenters. The highest BCUT2D eigenvalue weighted by molar-refractivity contribution is 8.01. The molecule has 6 heterocycles. The Morgan fingerprint density at radius 2 is 1.77 bits per heavy atom. The number of cyclic esters (lactones) is 1. The zero-order chi connectivity index (χ0) is 42.6. The topological polar surface area (TPSA) is 196 Å². The van der Waals surface area contributed by atoms with Gasteiger partial charge in [0.1, 0.15) is 24.0 Å². The van der Waals surface area contributed by atoms with Crippen LogP contribution in [0.3, 0.4) is 0 Å². The molecule has 3 aromatic carbocycles. The predicted octanol–water partition coefficient (Wildman–Crippen LogP) is 5.21. The predicted molar refractivity (Wildman–Crippen MR) is 214 cm³/mol. The van der Waals surface area contributed by atoms with E-state index < -0.39 is 58.0 Å². The number of phenols is 1. The summed E-state index contributed by atoms with van der Waals surface area (Å²) >= 11 is 1.25. The van der Waals surface area contributed by atoms with Crippen molar-refractivity contribution in [3.63, 3.8) is 0 Å². The van der Waals surface area contributed by atoms with Crippen LogP contribution in [-0.4, -0.2) is 86.0 Å². The Hall–Kier alpha value is -5.41. The molecular formula is C43H46N4O12S. The van der Waals surface area contributed by atoms with E-state index in [1.54, 1.807) is 39.8 Å². The summed E-state index contributed by atoms with van der Waals surface area (Å²) < 4.78 is 47.5. The summed E-state index contributed by atoms with van der Waals surface area (Å²) in [5, 5.41) is 29.6. The van der Waals surface area contributed by atoms with Crippen LogP contribution in [0.1, 0.15) is 89.5 Å². The normalized spacial score (nSPS) is 27.1. The van der Waals surface area contributed by atoms with Gasteiger partial charge in [-0.1, -0.05) is 6.07 Å². The number of carbonyl (C=O) groups excluding carboxylic acids is 3. The molecule has 6 aliphatic heterocycles. The molecule has 6 aliphatic rings. The molecule has 316 valence electrons. The zero-order valence-electron chi connectivity index (χ0n) is 34.5. The molecule has 3 N–H and O–H groups in total. The van der Waals surface area contributed by atoms with Crippen molar-refractivity contribution in [1.82, 2.24) is 15.5 Å². The molecule has 9 rings (SSSR count). The number of benzene rings is 3. The fourth-order valence-electron chi connectivity index (χ4n) is 9.98. The molecule has 0 aromatic heterocycles. The number of thioether (sulfide) groups is 1. The largest absolute Gasteiger partial charge is 0.514 e. The van der Waals surface area contributed by atoms with Gasteiger partial charge in [0.05, 0.1) is 37.6 Å². The molecule has 1 fully saturated rings. The molecule has 2 unspecified atom stereocenters. The molecule has 1 saturated heterocycles. The van der Waals surface area contributed by atoms with Crippen molar-refractivity contribution in [2.75, 3.05) is 34.2 Å². The number of rotatable bonds is 4. The van der Waals surface area contributed by atoms with Gasteiger partial charge < -0.3 is 48.3 Å². The smallest absolute Gasteiger partial charge is 0.504 e. The van der Waals surface area contributed by atoms with E-state index in [2.05, 4.69) is 21.6 Å². The van der Waals surface area contributed by atoms with E-state index in [1.165, 1.54) is 32.9 Å². The summed E-state index contributed by atoms with van der Waals surface area (Å²) in [5.41, 5.74) is 4.30. The summed E-state index contributed by atoms with van der Waals surface area (Å²) in [6.07, 6.45) is -0.0444. The Kier molecular flexibility index (Phi) is 9.58. The van der Waals surface area contributed by atoms with E-state index in [9.17, 15) is 20.0 Å². The second kappa shape index (κ2) is 14.4. The molecule has 0 radical (unpaired) electrons. The van der Waals surface area contributed by atoms with E-state index in [1.807, 2.05) is 13.0 Å². The summed E-state index contributed by atoms with van der Waals surface area (Å²) in [6, 6.07) is 4.67. The molecule has 0 aliphatic carbocycles. The second-order valence-corrected chi connectivity index (χ2v) is 18.1. The number of ether oxygens (including phenoxy) is 8. The first-order valence-electron chi connectivity index (χ1n) is 19.8. The first kappa shape index (κ1) is 40.0. The van der Waals surface area contributed by atoms with Gasteiger partial charge in [-0.05, 0) is 76.3 Å². The molecule has 60 heavy (non-hydrogen) atoms. The monoisotopic (exact) mass is 842 g/mol. The summed E-state index contributed by atoms with van der Waals surface area (Å²) in [4.78, 5) is 41.5. The van der Waals surface area contributed by atoms with E-state index >= 15 is 4.79 Å². The van der Waals surface area contributed by atoms with Crippen molar-refractivity contribution in [1.29, 1.82) is 5.26 Å². The van der Waals surface area contributed by atoms with Crippen LogP contribution < -0.4 is 39.1 Å². The number of nitrogens with one attached hydrogen (secondary N) is 2. The molecule has 16 nitrogen and oxygen atoms in total. The van der Waals surface area contributed by atoms with Gasteiger partial charge >= 0.3 is 18.1 Å². The summed E-state index contributed by atoms with van der Waals surface area (Å²) in [6.45, 7) is 10.2. The summed E-state index contributed by atoms with van der Waals surface area (Å²) in [5.74, 6) is 0.479. The quantitative estimate of drug-likeness (QED) is 0.176. The summed E-state index contributed by atoms with van der Waals surface area (Å²) in [7, 11) is 2.94. The maximum absolute atomic E-state index is 15.1. The lowest BCUT2D eigenvalue weighted by molar-refractivity contribution is -0.151. The van der Waals surface area contributed by atoms with Crippen LogP contribution in [0.2, 0.25) is 0 Å². The Balaban J connectivity index is 1.31. The Bertz CT molecular complexity index is 2410. The van der Waals surface area contributed by atoms with Gasteiger partial charge in [0.2, 0.25) is 6.79 Å². The van der Waals surface area contributed by atoms with Crippen molar-refractivity contribution in [3.05, 3.63) is 62.7 Å². The highest BCUT2D eigenvalue weighted by Crippen LogP contribution is 2.65. The Morgan fingerprint density at radius 1 is 1.00 bits per heavy atom. The minimum Gasteiger partial charge on any atom is -0.504 e. The number of piperazine rings is 1. The molecule has 0 saturated carbocycles. The van der Waals surface area contributed by atoms with E-state index in [0.29, 0.717) is 70.0 Å². The van der Waals surface area contributed by atoms with Gasteiger partial charge in [0, 0.05) is 53.4 Å². The van der Waals surface area contributed by atoms with Crippen LogP contribution in [0, 0.1) is 25.2 Å². The molecule has 3 aromatic rings. The van der Waals surface area contributed by atoms with Crippen LogP contribution in [0.4, 0.5) is 4.79 Å². The number of esters is 2. The number of hydrogen-bond acceptors (Lipinski definition) is 17. The number of methoxy groups -OCH3 is 2. The van der Waals surface area contributed by atoms with Crippen LogP contribution >= 0.6 is 11.8 Å². The van der Waals surface area contributed by atoms with Crippen molar-refractivity contribution in [2.45, 2.75) is 100 Å². The van der Waals surface area contributed by atoms with Crippen molar-refractivity contribution in [3.8, 4) is 46.3 Å². The number of nitriles is 1. The number of nitrogens with zero attached hydrogens (tertiary/aromatic N) is 2. The van der Waals surface area contributed by atoms with Gasteiger partial charge in [-0.25, -0.2) is 9.59 Å². The van der Waals surface area contributed by atoms with Gasteiger partial charge in [-0.2, -0.15) is 5.26 Å². The van der Waals surface area contributed by atoms with Gasteiger partial charge in [-0.15, -0.1) is 11.8 Å². The van der Waals surface area contributed by atoms with Gasteiger partial charge in [0.25, 0.3) is 0 Å². The molecule has 1 spiro atoms. The van der Waals surface area contributed by atoms with Crippen LogP contribution in [0.25, 0.3) is 0 Å². The number of fused-ring (bicyclic) bond motifs is 11. The van der Waals surface area contributed by atoms with Crippen molar-refractivity contribution >= 4 is 29.9 Å². The third kappa shape index (κ3) is 6.01. The Morgan fingerprint density at radius 3 is 2.47 bits per heavy atom. The lowest BCUT2D eigenvalue weighted by Crippen LogP contribution is -2.69. The number of aromatic hydroxyl groups is 1. The standard InChI is InChI=1S/C43H46N4O12S/c1-18-11-22-12-24-25(15-44)47-26-16-54-40(50)43(23-14-27(52-7)28(13-21(23)9-10-45-43)58-41(51)59-42(4,5)6)60-39(33(47)32(46-24)29(22)34(49)35(18)53-8)31-30(26)38-37(55-17-56-38)19(2)36(31)57-20(3)48/h11,13-14,24-26,32-33,39,45-46,49H,9-10,12,16-17H2,1-8H3/t24-,25+,26+,32?,33?,39-,43+/m1/s1. The lowest BCUT2D eigenvalue weighted by atomic mass is 9.72. The number of hydrogen-bond donors (Lipinski definition) is 3. The van der Waals surface area contributed by atoms with Crippen LogP contribution in [0.5, 0.6) is 40.2 Å². The SMILES string of the molecule is COc1cc2c(cc1OC(=O)OC(C)(C)C)CCN[C@]21S[C@@H]2c3c(OC(C)=O)c(C)c4c(c3[C@H](COC1=O)N1C2C2N[C@H](Cc3cc(C)c(OC)c(O)c32)[C@@H]1C#N)OCO4. The number of aryl methyl sites for hydroxylation is 1. The first-order valence-corrected chi connectivity index (χ1v) is 20.7. The van der Waals surface area contributed by atoms with Crippen LogP contribution in [0.15, 0.2) is 18.2 Å². The molecule has 17 heteroatoms. The Labute approximate surface area is 350 Å². The highest BCUT2D eigenvalue weighted by atomic mass is 32.2. The fraction of sp³-hybridized carbons (Fsp3) is 0.488. The van der Waals surface area contributed by atoms with Crippen LogP contribution in [-0.2, 0) is 36.8 Å². The van der Waals surface area contributed by atoms with Gasteiger partial charge in [0.15, 0.2) is 39.4 Å². The minimum absolute atomic E-state index is 0.0210. The minimum atomic E-state index is -1.64. The van der Waals surface area contributed by atoms with Gasteiger partial charge in [-0.3, -0.25) is 15.0 Å². The molecule has 0 amide bonds. The second-order valence-electron chi connectivity index (χ2n) is 16.8. The molecule has 4 bridgehead atoms. The third-order valence-corrected chi connectivity index (χ3v) is 13.8. The number of carbonyl (C=O) groups is 3. The number of phenolic OH excluding ortho intramolecular Hbond substituents is 1. The lowest BCUT2D eigenvalue weighted by Gasteiger charge is -2.58. The maximum Gasteiger partial charge on any atom is 0.514 e. The van der Waals surface area contributed by atoms with E-state index in [0.717, 1.165) is 11.1 Å². The third-order valence-electron chi connectivity index (χ3n) is 12.1. The first-order chi connectivity index (χ1) is 28.6. The zero-order valence-corrected chi connectivity index (χ0v) is 35.3. The average Bonchev–Trinajstić information content (AvgIpc) is 3.70.